The van der Waals surface area contributed by atoms with Crippen LogP contribution in [0.3, 0.4) is 0 Å². The lowest BCUT2D eigenvalue weighted by Gasteiger charge is -2.24. The van der Waals surface area contributed by atoms with E-state index in [-0.39, 0.29) is 17.2 Å². The Morgan fingerprint density at radius 3 is 2.62 bits per heavy atom. The van der Waals surface area contributed by atoms with Gasteiger partial charge in [-0.05, 0) is 20.3 Å². The number of nitrogens with one attached hydrogen (secondary N) is 2. The highest BCUT2D eigenvalue weighted by Crippen LogP contribution is 2.29. The third-order valence-electron chi connectivity index (χ3n) is 3.31. The quantitative estimate of drug-likeness (QED) is 0.623. The Morgan fingerprint density at radius 1 is 1.43 bits per heavy atom. The first-order valence-electron chi connectivity index (χ1n) is 6.62. The normalized spacial score (nSPS) is 23.7. The lowest BCUT2D eigenvalue weighted by Crippen LogP contribution is -2.36. The molecule has 1 aliphatic rings. The van der Waals surface area contributed by atoms with E-state index in [0.717, 1.165) is 0 Å². The molecule has 116 valence electrons. The molecule has 1 saturated heterocycles. The summed E-state index contributed by atoms with van der Waals surface area (Å²) in [6.45, 7) is 4.22. The first-order chi connectivity index (χ1) is 9.73. The van der Waals surface area contributed by atoms with Gasteiger partial charge < -0.3 is 10.6 Å². The summed E-state index contributed by atoms with van der Waals surface area (Å²) in [5.41, 5.74) is -0.738. The Morgan fingerprint density at radius 2 is 2.10 bits per heavy atom. The second kappa shape index (κ2) is 5.47. The summed E-state index contributed by atoms with van der Waals surface area (Å²) in [7, 11) is -3.06. The molecule has 0 spiro atoms. The van der Waals surface area contributed by atoms with Crippen molar-refractivity contribution < 1.29 is 13.3 Å². The second-order valence-corrected chi connectivity index (χ2v) is 7.60. The van der Waals surface area contributed by atoms with Crippen LogP contribution >= 0.6 is 0 Å². The van der Waals surface area contributed by atoms with Crippen LogP contribution in [-0.2, 0) is 9.84 Å². The maximum atomic E-state index is 11.6. The van der Waals surface area contributed by atoms with Gasteiger partial charge in [0.1, 0.15) is 11.6 Å². The van der Waals surface area contributed by atoms with Crippen LogP contribution in [0.15, 0.2) is 12.1 Å². The maximum absolute atomic E-state index is 11.6. The number of pyridine rings is 1. The van der Waals surface area contributed by atoms with Crippen LogP contribution in [-0.4, -0.2) is 41.9 Å². The first kappa shape index (κ1) is 15.5. The van der Waals surface area contributed by atoms with Gasteiger partial charge in [-0.3, -0.25) is 10.1 Å². The van der Waals surface area contributed by atoms with E-state index in [9.17, 15) is 18.5 Å². The third kappa shape index (κ3) is 3.81. The van der Waals surface area contributed by atoms with Crippen LogP contribution in [0.5, 0.6) is 0 Å². The molecule has 0 saturated carbocycles. The van der Waals surface area contributed by atoms with E-state index >= 15 is 0 Å². The van der Waals surface area contributed by atoms with Gasteiger partial charge in [0.2, 0.25) is 0 Å². The molecular formula is C12H18N4O4S. The Labute approximate surface area is 123 Å². The largest absolute Gasteiger partial charge is 0.370 e. The zero-order chi connectivity index (χ0) is 15.7. The first-order valence-corrected chi connectivity index (χ1v) is 8.44. The maximum Gasteiger partial charge on any atom is 0.276 e. The number of anilines is 2. The topological polar surface area (TPSA) is 114 Å². The standard InChI is InChI=1S/C12H18N4O4S/c1-3-13-10-6-9(16(17)18)7-11(14-10)15-12(2)4-5-21(19,20)8-12/h6-7H,3-5,8H2,1-2H3,(H2,13,14,15). The van der Waals surface area contributed by atoms with Crippen molar-refractivity contribution in [1.82, 2.24) is 4.98 Å². The van der Waals surface area contributed by atoms with Gasteiger partial charge >= 0.3 is 0 Å². The number of hydrogen-bond acceptors (Lipinski definition) is 7. The van der Waals surface area contributed by atoms with Gasteiger partial charge in [-0.1, -0.05) is 0 Å². The highest BCUT2D eigenvalue weighted by atomic mass is 32.2. The van der Waals surface area contributed by atoms with Crippen molar-refractivity contribution in [2.75, 3.05) is 28.7 Å². The molecule has 1 aromatic rings. The van der Waals surface area contributed by atoms with Crippen LogP contribution in [0.1, 0.15) is 20.3 Å². The average molecular weight is 314 g/mol. The van der Waals surface area contributed by atoms with Crippen LogP contribution in [0, 0.1) is 10.1 Å². The fourth-order valence-corrected chi connectivity index (χ4v) is 4.47. The van der Waals surface area contributed by atoms with Gasteiger partial charge in [0.25, 0.3) is 5.69 Å². The molecule has 2 rings (SSSR count). The zero-order valence-electron chi connectivity index (χ0n) is 11.9. The monoisotopic (exact) mass is 314 g/mol. The minimum absolute atomic E-state index is 0.000904. The van der Waals surface area contributed by atoms with Crippen molar-refractivity contribution in [2.24, 2.45) is 0 Å². The zero-order valence-corrected chi connectivity index (χ0v) is 12.7. The summed E-state index contributed by atoms with van der Waals surface area (Å²) in [6.07, 6.45) is 0.455. The minimum Gasteiger partial charge on any atom is -0.370 e. The molecule has 1 fully saturated rings. The van der Waals surface area contributed by atoms with Crippen LogP contribution in [0.2, 0.25) is 0 Å². The average Bonchev–Trinajstić information content (AvgIpc) is 2.63. The van der Waals surface area contributed by atoms with E-state index in [1.165, 1.54) is 12.1 Å². The summed E-state index contributed by atoms with van der Waals surface area (Å²) in [4.78, 5) is 14.7. The fraction of sp³-hybridized carbons (Fsp3) is 0.583. The summed E-state index contributed by atoms with van der Waals surface area (Å²) in [5.74, 6) is 0.810. The smallest absolute Gasteiger partial charge is 0.276 e. The summed E-state index contributed by atoms with van der Waals surface area (Å²) >= 11 is 0. The molecule has 1 unspecified atom stereocenters. The number of hydrogen-bond donors (Lipinski definition) is 2. The van der Waals surface area contributed by atoms with Gasteiger partial charge in [-0.15, -0.1) is 0 Å². The number of aromatic nitrogens is 1. The summed E-state index contributed by atoms with van der Waals surface area (Å²) < 4.78 is 23.2. The number of rotatable bonds is 5. The van der Waals surface area contributed by atoms with Crippen LogP contribution < -0.4 is 10.6 Å². The lowest BCUT2D eigenvalue weighted by atomic mass is 10.0. The molecule has 1 aromatic heterocycles. The van der Waals surface area contributed by atoms with E-state index in [4.69, 9.17) is 0 Å². The lowest BCUT2D eigenvalue weighted by molar-refractivity contribution is -0.384. The van der Waals surface area contributed by atoms with Gasteiger partial charge in [-0.2, -0.15) is 0 Å². The molecule has 21 heavy (non-hydrogen) atoms. The molecule has 0 radical (unpaired) electrons. The predicted octanol–water partition coefficient (Wildman–Crippen LogP) is 1.41. The molecule has 0 amide bonds. The van der Waals surface area contributed by atoms with Gasteiger partial charge in [0.05, 0.1) is 34.1 Å². The molecular weight excluding hydrogens is 296 g/mol. The minimum atomic E-state index is -3.06. The SMILES string of the molecule is CCNc1cc([N+](=O)[O-])cc(NC2(C)CCS(=O)(=O)C2)n1. The molecule has 1 atom stereocenters. The number of sulfone groups is 1. The van der Waals surface area contributed by atoms with E-state index in [1.54, 1.807) is 6.92 Å². The molecule has 0 bridgehead atoms. The van der Waals surface area contributed by atoms with Crippen molar-refractivity contribution in [3.05, 3.63) is 22.2 Å². The van der Waals surface area contributed by atoms with Crippen molar-refractivity contribution in [1.29, 1.82) is 0 Å². The molecule has 0 aromatic carbocycles. The highest BCUT2D eigenvalue weighted by molar-refractivity contribution is 7.91. The highest BCUT2D eigenvalue weighted by Gasteiger charge is 2.38. The Balaban J connectivity index is 2.29. The van der Waals surface area contributed by atoms with Gasteiger partial charge in [0.15, 0.2) is 9.84 Å². The number of nitrogens with zero attached hydrogens (tertiary/aromatic N) is 2. The van der Waals surface area contributed by atoms with Crippen LogP contribution in [0.25, 0.3) is 0 Å². The summed E-state index contributed by atoms with van der Waals surface area (Å²) in [6, 6.07) is 2.67. The van der Waals surface area contributed by atoms with Gasteiger partial charge in [-0.25, -0.2) is 13.4 Å². The van der Waals surface area contributed by atoms with Crippen molar-refractivity contribution in [3.8, 4) is 0 Å². The molecule has 8 nitrogen and oxygen atoms in total. The van der Waals surface area contributed by atoms with E-state index in [0.29, 0.717) is 24.6 Å². The molecule has 2 heterocycles. The fourth-order valence-electron chi connectivity index (χ4n) is 2.38. The van der Waals surface area contributed by atoms with Crippen molar-refractivity contribution in [3.63, 3.8) is 0 Å². The van der Waals surface area contributed by atoms with Crippen molar-refractivity contribution >= 4 is 27.2 Å². The van der Waals surface area contributed by atoms with E-state index in [1.807, 2.05) is 6.92 Å². The molecule has 0 aliphatic carbocycles. The Kier molecular flexibility index (Phi) is 4.04. The number of nitro groups is 1. The summed E-state index contributed by atoms with van der Waals surface area (Å²) in [5, 5.41) is 16.9. The van der Waals surface area contributed by atoms with Crippen LogP contribution in [0.4, 0.5) is 17.3 Å². The second-order valence-electron chi connectivity index (χ2n) is 5.41. The Bertz CT molecular complexity index is 661. The van der Waals surface area contributed by atoms with E-state index < -0.39 is 20.3 Å². The third-order valence-corrected chi connectivity index (χ3v) is 5.22. The molecule has 9 heteroatoms. The molecule has 1 aliphatic heterocycles. The predicted molar refractivity (Wildman–Crippen MR) is 80.4 cm³/mol. The van der Waals surface area contributed by atoms with Crippen molar-refractivity contribution in [2.45, 2.75) is 25.8 Å². The molecule has 2 N–H and O–H groups in total. The van der Waals surface area contributed by atoms with E-state index in [2.05, 4.69) is 15.6 Å². The Hall–Kier alpha value is -1.90. The van der Waals surface area contributed by atoms with Gasteiger partial charge in [0, 0.05) is 6.54 Å².